The number of hydrogen-bond acceptors (Lipinski definition) is 9. The normalized spacial score (nSPS) is 48.8. The lowest BCUT2D eigenvalue weighted by atomic mass is 9.48. The third-order valence-corrected chi connectivity index (χ3v) is 11.2. The van der Waals surface area contributed by atoms with E-state index in [9.17, 15) is 37.0 Å². The Labute approximate surface area is 219 Å². The van der Waals surface area contributed by atoms with E-state index in [1.807, 2.05) is 0 Å². The van der Waals surface area contributed by atoms with Crippen LogP contribution in [0.1, 0.15) is 77.6 Å². The summed E-state index contributed by atoms with van der Waals surface area (Å²) in [7, 11) is -5.98. The molecule has 10 nitrogen and oxygen atoms in total. The van der Waals surface area contributed by atoms with Crippen LogP contribution < -0.4 is 0 Å². The zero-order valence-corrected chi connectivity index (χ0v) is 22.0. The average Bonchev–Trinajstić information content (AvgIpc) is 2.72. The van der Waals surface area contributed by atoms with Gasteiger partial charge in [0.15, 0.2) is 0 Å². The van der Waals surface area contributed by atoms with E-state index in [1.54, 1.807) is 0 Å². The first-order chi connectivity index (χ1) is 17.4. The molecule has 13 heteroatoms. The lowest BCUT2D eigenvalue weighted by Crippen LogP contribution is -2.67. The maximum absolute atomic E-state index is 13.9. The molecule has 0 aromatic rings. The van der Waals surface area contributed by atoms with Crippen molar-refractivity contribution in [3.8, 4) is 0 Å². The Morgan fingerprint density at radius 1 is 0.868 bits per heavy atom. The number of esters is 2. The molecule has 0 amide bonds. The van der Waals surface area contributed by atoms with Gasteiger partial charge < -0.3 is 24.4 Å². The van der Waals surface area contributed by atoms with E-state index in [4.69, 9.17) is 18.8 Å². The van der Waals surface area contributed by atoms with E-state index in [2.05, 4.69) is 0 Å². The first-order valence-corrected chi connectivity index (χ1v) is 14.7. The minimum absolute atomic E-state index is 0.0895. The Balaban J connectivity index is 1.12. The van der Waals surface area contributed by atoms with E-state index >= 15 is 0 Å². The zero-order valence-electron chi connectivity index (χ0n) is 21.2. The van der Waals surface area contributed by atoms with Gasteiger partial charge in [0.2, 0.25) is 0 Å². The summed E-state index contributed by atoms with van der Waals surface area (Å²) in [5, 5.41) is 16.8. The van der Waals surface area contributed by atoms with Crippen LogP contribution in [-0.2, 0) is 33.9 Å². The maximum Gasteiger partial charge on any atom is 0.465 e. The summed E-state index contributed by atoms with van der Waals surface area (Å²) in [6.07, 6.45) is 5.14. The summed E-state index contributed by atoms with van der Waals surface area (Å²) in [5.74, 6) is -3.41. The zero-order chi connectivity index (χ0) is 27.6. The Bertz CT molecular complexity index is 1140. The van der Waals surface area contributed by atoms with Gasteiger partial charge in [-0.2, -0.15) is 17.2 Å². The molecule has 0 heterocycles. The largest absolute Gasteiger partial charge is 0.465 e. The molecular formula is C25H34F2O10S. The fourth-order valence-electron chi connectivity index (χ4n) is 9.67. The first-order valence-electron chi connectivity index (χ1n) is 13.3. The van der Waals surface area contributed by atoms with Gasteiger partial charge in [-0.1, -0.05) is 0 Å². The molecule has 4 unspecified atom stereocenters. The minimum atomic E-state index is -5.98. The fourth-order valence-corrected chi connectivity index (χ4v) is 9.92. The number of halogens is 2. The third-order valence-electron chi connectivity index (χ3n) is 10.4. The predicted octanol–water partition coefficient (Wildman–Crippen LogP) is 2.11. The Morgan fingerprint density at radius 3 is 1.95 bits per heavy atom. The van der Waals surface area contributed by atoms with Crippen LogP contribution in [0.3, 0.4) is 0 Å². The molecule has 4 atom stereocenters. The number of alkyl halides is 2. The van der Waals surface area contributed by atoms with Crippen molar-refractivity contribution in [2.24, 2.45) is 23.7 Å². The molecule has 214 valence electrons. The van der Waals surface area contributed by atoms with Crippen molar-refractivity contribution in [3.05, 3.63) is 0 Å². The summed E-state index contributed by atoms with van der Waals surface area (Å²) in [5.41, 5.74) is -5.09. The molecule has 0 radical (unpaired) electrons. The van der Waals surface area contributed by atoms with Gasteiger partial charge >= 0.3 is 27.3 Å². The van der Waals surface area contributed by atoms with Crippen molar-refractivity contribution in [2.45, 2.75) is 111 Å². The smallest absolute Gasteiger partial charge is 0.457 e. The number of hydrogen-bond donors (Lipinski definition) is 3. The second-order valence-corrected chi connectivity index (χ2v) is 15.0. The Morgan fingerprint density at radius 2 is 1.42 bits per heavy atom. The minimum Gasteiger partial charge on any atom is -0.457 e. The van der Waals surface area contributed by atoms with Crippen LogP contribution in [-0.4, -0.2) is 75.0 Å². The molecule has 8 bridgehead atoms. The van der Waals surface area contributed by atoms with E-state index in [0.29, 0.717) is 70.6 Å². The lowest BCUT2D eigenvalue weighted by molar-refractivity contribution is -0.269. The van der Waals surface area contributed by atoms with Crippen molar-refractivity contribution in [1.82, 2.24) is 0 Å². The third kappa shape index (κ3) is 4.10. The molecule has 8 aliphatic carbocycles. The highest BCUT2D eigenvalue weighted by atomic mass is 32.2. The van der Waals surface area contributed by atoms with Gasteiger partial charge in [0.05, 0.1) is 16.8 Å². The molecule has 0 aromatic carbocycles. The highest BCUT2D eigenvalue weighted by molar-refractivity contribution is 7.87. The van der Waals surface area contributed by atoms with Crippen molar-refractivity contribution < 1.29 is 55.8 Å². The monoisotopic (exact) mass is 564 g/mol. The topological polar surface area (TPSA) is 157 Å². The van der Waals surface area contributed by atoms with Gasteiger partial charge in [-0.05, 0) is 70.1 Å². The van der Waals surface area contributed by atoms with Gasteiger partial charge in [0.25, 0.3) is 0 Å². The molecule has 8 fully saturated rings. The molecule has 0 saturated heterocycles. The average molecular weight is 565 g/mol. The molecule has 8 saturated carbocycles. The summed E-state index contributed by atoms with van der Waals surface area (Å²) < 4.78 is 75.9. The maximum atomic E-state index is 13.9. The van der Waals surface area contributed by atoms with E-state index < -0.39 is 67.2 Å². The van der Waals surface area contributed by atoms with Crippen LogP contribution in [0, 0.1) is 23.7 Å². The number of aliphatic hydroxyl groups is 2. The Hall–Kier alpha value is -1.41. The van der Waals surface area contributed by atoms with Crippen LogP contribution in [0.2, 0.25) is 0 Å². The summed E-state index contributed by atoms with van der Waals surface area (Å²) in [4.78, 5) is 25.1. The van der Waals surface area contributed by atoms with Gasteiger partial charge in [0, 0.05) is 31.1 Å². The van der Waals surface area contributed by atoms with Gasteiger partial charge in [-0.25, -0.2) is 9.59 Å². The molecule has 38 heavy (non-hydrogen) atoms. The molecule has 0 spiro atoms. The van der Waals surface area contributed by atoms with Crippen molar-refractivity contribution in [3.63, 3.8) is 0 Å². The van der Waals surface area contributed by atoms with Crippen LogP contribution >= 0.6 is 0 Å². The standard InChI is InChI=1S/C25H34F2O10S/c1-20(37-19(29)25(26,27)38(32,33)34)16-2-14-3-17(20)9-23(6-14,8-16)35-10-18(28)36-24-7-15-4-21(30,12-24)11-22(31,5-15)13-24/h14-17,30-31H,2-13H2,1H3,(H,32,33,34). The van der Waals surface area contributed by atoms with Crippen LogP contribution in [0.4, 0.5) is 8.78 Å². The van der Waals surface area contributed by atoms with Gasteiger partial charge in [-0.3, -0.25) is 4.55 Å². The fraction of sp³-hybridized carbons (Fsp3) is 0.920. The second kappa shape index (κ2) is 7.86. The molecule has 3 N–H and O–H groups in total. The SMILES string of the molecule is CC1(OC(=O)C(F)(F)S(=O)(=O)O)C2CC3CC1CC(OCC(=O)OC14CC5CC(O)(CC(O)(C5)C1)C4)(C3)C2. The molecule has 8 rings (SSSR count). The van der Waals surface area contributed by atoms with Crippen LogP contribution in [0.5, 0.6) is 0 Å². The lowest BCUT2D eigenvalue weighted by Gasteiger charge is -2.63. The highest BCUT2D eigenvalue weighted by Gasteiger charge is 2.66. The van der Waals surface area contributed by atoms with E-state index in [-0.39, 0.29) is 18.4 Å². The molecule has 8 aliphatic rings. The number of ether oxygens (including phenoxy) is 3. The number of rotatable bonds is 7. The molecule has 0 aliphatic heterocycles. The van der Waals surface area contributed by atoms with Crippen molar-refractivity contribution in [2.75, 3.05) is 6.61 Å². The highest BCUT2D eigenvalue weighted by Crippen LogP contribution is 2.63. The summed E-state index contributed by atoms with van der Waals surface area (Å²) >= 11 is 0. The van der Waals surface area contributed by atoms with E-state index in [0.717, 1.165) is 0 Å². The van der Waals surface area contributed by atoms with Crippen molar-refractivity contribution >= 4 is 22.1 Å². The second-order valence-electron chi connectivity index (χ2n) is 13.5. The number of carbonyl (C=O) groups is 2. The first kappa shape index (κ1) is 26.8. The predicted molar refractivity (Wildman–Crippen MR) is 123 cm³/mol. The van der Waals surface area contributed by atoms with Gasteiger partial charge in [0.1, 0.15) is 17.8 Å². The number of carbonyl (C=O) groups excluding carboxylic acids is 2. The van der Waals surface area contributed by atoms with Crippen LogP contribution in [0.15, 0.2) is 0 Å². The summed E-state index contributed by atoms with van der Waals surface area (Å²) in [6, 6.07) is 0. The molecule has 0 aromatic heterocycles. The molecular weight excluding hydrogens is 530 g/mol. The van der Waals surface area contributed by atoms with Crippen LogP contribution in [0.25, 0.3) is 0 Å². The summed E-state index contributed by atoms with van der Waals surface area (Å²) in [6.45, 7) is 1.18. The van der Waals surface area contributed by atoms with E-state index in [1.165, 1.54) is 6.92 Å². The Kier molecular flexibility index (Phi) is 5.54. The van der Waals surface area contributed by atoms with Crippen molar-refractivity contribution in [1.29, 1.82) is 0 Å². The quantitative estimate of drug-likeness (QED) is 0.309. The van der Waals surface area contributed by atoms with Gasteiger partial charge in [-0.15, -0.1) is 0 Å².